The summed E-state index contributed by atoms with van der Waals surface area (Å²) in [6, 6.07) is 6.53. The molecule has 0 aliphatic carbocycles. The Balaban J connectivity index is 0.000000396. The van der Waals surface area contributed by atoms with Gasteiger partial charge >= 0.3 is 11.9 Å². The molecule has 5 heteroatoms. The molecule has 5 nitrogen and oxygen atoms in total. The molecule has 0 spiro atoms. The van der Waals surface area contributed by atoms with E-state index in [0.29, 0.717) is 11.1 Å². The molecule has 0 bridgehead atoms. The van der Waals surface area contributed by atoms with Crippen molar-refractivity contribution in [3.8, 4) is 0 Å². The predicted octanol–water partition coefficient (Wildman–Crippen LogP) is 0.331. The largest absolute Gasteiger partial charge is 0.386 e. The summed E-state index contributed by atoms with van der Waals surface area (Å²) in [6.45, 7) is 0. The minimum Gasteiger partial charge on any atom is -0.386 e. The second-order valence-electron chi connectivity index (χ2n) is 2.22. The Bertz CT molecular complexity index is 315. The van der Waals surface area contributed by atoms with Gasteiger partial charge in [0.15, 0.2) is 0 Å². The third-order valence-electron chi connectivity index (χ3n) is 1.55. The Hall–Kier alpha value is -1.72. The van der Waals surface area contributed by atoms with Crippen molar-refractivity contribution < 1.29 is 19.5 Å². The van der Waals surface area contributed by atoms with Crippen LogP contribution in [-0.2, 0) is 4.74 Å². The van der Waals surface area contributed by atoms with E-state index in [2.05, 4.69) is 10.6 Å². The molecule has 3 N–H and O–H groups in total. The number of esters is 2. The van der Waals surface area contributed by atoms with E-state index in [9.17, 15) is 9.59 Å². The monoisotopic (exact) mass is 181 g/mol. The molecular weight excluding hydrogens is 174 g/mol. The zero-order valence-electron chi connectivity index (χ0n) is 6.56. The van der Waals surface area contributed by atoms with Crippen LogP contribution in [0.1, 0.15) is 20.7 Å². The van der Waals surface area contributed by atoms with Crippen LogP contribution >= 0.6 is 0 Å². The Labute approximate surface area is 73.7 Å². The minimum atomic E-state index is -0.550. The van der Waals surface area contributed by atoms with Gasteiger partial charge in [-0.25, -0.2) is 15.5 Å². The Morgan fingerprint density at radius 1 is 1.00 bits per heavy atom. The van der Waals surface area contributed by atoms with Crippen LogP contribution in [0.4, 0.5) is 0 Å². The summed E-state index contributed by atoms with van der Waals surface area (Å²) in [7, 11) is 0. The van der Waals surface area contributed by atoms with Gasteiger partial charge in [0.05, 0.1) is 11.1 Å². The van der Waals surface area contributed by atoms with Crippen molar-refractivity contribution in [2.75, 3.05) is 0 Å². The number of hydrogen-bond acceptors (Lipinski definition) is 5. The highest BCUT2D eigenvalue weighted by Gasteiger charge is 2.28. The lowest BCUT2D eigenvalue weighted by atomic mass is 10.1. The number of fused-ring (bicyclic) bond motifs is 1. The van der Waals surface area contributed by atoms with Crippen molar-refractivity contribution in [3.05, 3.63) is 35.4 Å². The molecule has 0 radical (unpaired) electrons. The first-order chi connectivity index (χ1) is 6.29. The Morgan fingerprint density at radius 3 is 1.77 bits per heavy atom. The summed E-state index contributed by atoms with van der Waals surface area (Å²) in [5, 5.41) is 6.50. The molecule has 0 aromatic heterocycles. The molecule has 0 saturated heterocycles. The summed E-state index contributed by atoms with van der Waals surface area (Å²) < 4.78 is 4.35. The van der Waals surface area contributed by atoms with E-state index < -0.39 is 11.9 Å². The molecule has 0 amide bonds. The molecule has 0 fully saturated rings. The van der Waals surface area contributed by atoms with E-state index in [-0.39, 0.29) is 0 Å². The number of benzene rings is 1. The van der Waals surface area contributed by atoms with E-state index in [1.54, 1.807) is 24.3 Å². The molecule has 1 aromatic carbocycles. The molecular formula is C8H7NO4. The maximum atomic E-state index is 10.8. The summed E-state index contributed by atoms with van der Waals surface area (Å²) in [5.41, 5.74) is 0.718. The lowest BCUT2D eigenvalue weighted by molar-refractivity contribution is 0.0444. The average Bonchev–Trinajstić information content (AvgIpc) is 2.47. The fourth-order valence-electron chi connectivity index (χ4n) is 1.03. The third kappa shape index (κ3) is 1.56. The molecule has 1 aliphatic rings. The van der Waals surface area contributed by atoms with Crippen LogP contribution in [0.3, 0.4) is 0 Å². The number of ether oxygens (including phenoxy) is 1. The molecule has 1 aromatic rings. The molecule has 0 unspecified atom stereocenters. The number of cyclic esters (lactones) is 2. The van der Waals surface area contributed by atoms with Crippen molar-refractivity contribution >= 4 is 11.9 Å². The van der Waals surface area contributed by atoms with Crippen LogP contribution < -0.4 is 5.90 Å². The Kier molecular flexibility index (Phi) is 2.73. The van der Waals surface area contributed by atoms with E-state index in [0.717, 1.165) is 0 Å². The second kappa shape index (κ2) is 3.79. The topological polar surface area (TPSA) is 89.6 Å². The van der Waals surface area contributed by atoms with E-state index in [1.165, 1.54) is 0 Å². The molecule has 0 saturated carbocycles. The van der Waals surface area contributed by atoms with Gasteiger partial charge in [0.1, 0.15) is 0 Å². The van der Waals surface area contributed by atoms with Crippen molar-refractivity contribution in [2.45, 2.75) is 0 Å². The number of carbonyl (C=O) groups is 2. The molecule has 13 heavy (non-hydrogen) atoms. The number of rotatable bonds is 0. The van der Waals surface area contributed by atoms with Crippen LogP contribution in [0, 0.1) is 0 Å². The van der Waals surface area contributed by atoms with Crippen LogP contribution in [0.5, 0.6) is 0 Å². The van der Waals surface area contributed by atoms with Gasteiger partial charge in [0.25, 0.3) is 0 Å². The van der Waals surface area contributed by atoms with E-state index in [1.807, 2.05) is 0 Å². The zero-order chi connectivity index (χ0) is 9.84. The van der Waals surface area contributed by atoms with Gasteiger partial charge in [-0.05, 0) is 12.1 Å². The van der Waals surface area contributed by atoms with E-state index >= 15 is 0 Å². The van der Waals surface area contributed by atoms with Gasteiger partial charge in [-0.15, -0.1) is 0 Å². The zero-order valence-corrected chi connectivity index (χ0v) is 6.56. The highest BCUT2D eigenvalue weighted by Crippen LogP contribution is 2.18. The quantitative estimate of drug-likeness (QED) is 0.342. The number of carbonyl (C=O) groups excluding carboxylic acids is 2. The van der Waals surface area contributed by atoms with Crippen molar-refractivity contribution in [1.29, 1.82) is 0 Å². The number of hydrogen-bond donors (Lipinski definition) is 2. The number of nitrogens with two attached hydrogens (primary N) is 1. The smallest absolute Gasteiger partial charge is 0.346 e. The molecule has 2 rings (SSSR count). The van der Waals surface area contributed by atoms with Gasteiger partial charge in [0, 0.05) is 0 Å². The van der Waals surface area contributed by atoms with Gasteiger partial charge in [-0.2, -0.15) is 0 Å². The van der Waals surface area contributed by atoms with Crippen molar-refractivity contribution in [2.24, 2.45) is 5.90 Å². The van der Waals surface area contributed by atoms with Crippen LogP contribution in [-0.4, -0.2) is 17.1 Å². The van der Waals surface area contributed by atoms with Crippen LogP contribution in [0.2, 0.25) is 0 Å². The standard InChI is InChI=1S/C8H4O3.H3NO/c9-7-5-3-1-2-4-6(5)8(10)11-7;1-2/h1-4H;2H,1H2. The minimum absolute atomic E-state index is 0.359. The maximum Gasteiger partial charge on any atom is 0.346 e. The first kappa shape index (κ1) is 9.37. The van der Waals surface area contributed by atoms with Gasteiger partial charge in [-0.1, -0.05) is 12.1 Å². The van der Waals surface area contributed by atoms with Crippen molar-refractivity contribution in [1.82, 2.24) is 0 Å². The SMILES string of the molecule is NO.O=C1OC(=O)c2ccccc21. The third-order valence-corrected chi connectivity index (χ3v) is 1.55. The van der Waals surface area contributed by atoms with E-state index in [4.69, 9.17) is 5.21 Å². The summed E-state index contributed by atoms with van der Waals surface area (Å²) in [4.78, 5) is 21.7. The Morgan fingerprint density at radius 2 is 1.38 bits per heavy atom. The lowest BCUT2D eigenvalue weighted by Gasteiger charge is -1.86. The first-order valence-electron chi connectivity index (χ1n) is 3.40. The highest BCUT2D eigenvalue weighted by molar-refractivity contribution is 6.14. The second-order valence-corrected chi connectivity index (χ2v) is 2.22. The van der Waals surface area contributed by atoms with Crippen LogP contribution in [0.15, 0.2) is 24.3 Å². The fraction of sp³-hybridized carbons (Fsp3) is 0. The lowest BCUT2D eigenvalue weighted by Crippen LogP contribution is -1.96. The average molecular weight is 181 g/mol. The van der Waals surface area contributed by atoms with Gasteiger partial charge in [-0.3, -0.25) is 0 Å². The molecule has 1 heterocycles. The summed E-state index contributed by atoms with van der Waals surface area (Å²) >= 11 is 0. The maximum absolute atomic E-state index is 10.8. The predicted molar refractivity (Wildman–Crippen MR) is 42.2 cm³/mol. The highest BCUT2D eigenvalue weighted by atomic mass is 16.6. The normalized spacial score (nSPS) is 12.8. The first-order valence-corrected chi connectivity index (χ1v) is 3.40. The van der Waals surface area contributed by atoms with Gasteiger partial charge in [0.2, 0.25) is 0 Å². The summed E-state index contributed by atoms with van der Waals surface area (Å²) in [5.74, 6) is 2.40. The van der Waals surface area contributed by atoms with Crippen molar-refractivity contribution in [3.63, 3.8) is 0 Å². The molecule has 68 valence electrons. The summed E-state index contributed by atoms with van der Waals surface area (Å²) in [6.07, 6.45) is 0. The fourth-order valence-corrected chi connectivity index (χ4v) is 1.03. The molecule has 1 aliphatic heterocycles. The molecule has 0 atom stereocenters. The van der Waals surface area contributed by atoms with Crippen LogP contribution in [0.25, 0.3) is 0 Å². The van der Waals surface area contributed by atoms with Gasteiger partial charge < -0.3 is 9.94 Å².